The van der Waals surface area contributed by atoms with Crippen LogP contribution in [0.4, 0.5) is 20.6 Å². The lowest BCUT2D eigenvalue weighted by Gasteiger charge is -2.17. The molecule has 7 heteroatoms. The van der Waals surface area contributed by atoms with Gasteiger partial charge in [-0.1, -0.05) is 44.2 Å². The number of halogens is 1. The SMILES string of the molecule is CC(C)C(=O)Nc1cc(NC(=O)N[C@H](CO)Cc2ccccc2)ccc1F. The van der Waals surface area contributed by atoms with Gasteiger partial charge in [-0.25, -0.2) is 9.18 Å². The first-order chi connectivity index (χ1) is 12.9. The van der Waals surface area contributed by atoms with Crippen molar-refractivity contribution in [3.8, 4) is 0 Å². The first kappa shape index (κ1) is 20.4. The number of aliphatic hydroxyl groups is 1. The van der Waals surface area contributed by atoms with E-state index in [1.807, 2.05) is 30.3 Å². The Bertz CT molecular complexity index is 781. The van der Waals surface area contributed by atoms with Crippen molar-refractivity contribution in [3.05, 3.63) is 59.9 Å². The zero-order valence-corrected chi connectivity index (χ0v) is 15.3. The summed E-state index contributed by atoms with van der Waals surface area (Å²) in [4.78, 5) is 23.9. The molecule has 0 aromatic heterocycles. The minimum absolute atomic E-state index is 0.00510. The normalized spacial score (nSPS) is 11.7. The Labute approximate surface area is 157 Å². The van der Waals surface area contributed by atoms with E-state index in [-0.39, 0.29) is 24.1 Å². The summed E-state index contributed by atoms with van der Waals surface area (Å²) in [6, 6.07) is 12.4. The highest BCUT2D eigenvalue weighted by Gasteiger charge is 2.14. The van der Waals surface area contributed by atoms with Crippen LogP contribution in [0.25, 0.3) is 0 Å². The summed E-state index contributed by atoms with van der Waals surface area (Å²) < 4.78 is 13.9. The number of carbonyl (C=O) groups is 2. The molecule has 0 saturated heterocycles. The fourth-order valence-electron chi connectivity index (χ4n) is 2.39. The Kier molecular flexibility index (Phi) is 7.31. The van der Waals surface area contributed by atoms with Crippen molar-refractivity contribution in [1.29, 1.82) is 0 Å². The lowest BCUT2D eigenvalue weighted by atomic mass is 10.1. The average Bonchev–Trinajstić information content (AvgIpc) is 2.64. The molecule has 6 nitrogen and oxygen atoms in total. The lowest BCUT2D eigenvalue weighted by molar-refractivity contribution is -0.118. The largest absolute Gasteiger partial charge is 0.394 e. The summed E-state index contributed by atoms with van der Waals surface area (Å²) in [5.74, 6) is -1.21. The predicted molar refractivity (Wildman–Crippen MR) is 103 cm³/mol. The van der Waals surface area contributed by atoms with Gasteiger partial charge >= 0.3 is 6.03 Å². The number of hydrogen-bond acceptors (Lipinski definition) is 3. The van der Waals surface area contributed by atoms with E-state index in [9.17, 15) is 19.1 Å². The van der Waals surface area contributed by atoms with Crippen LogP contribution in [0.15, 0.2) is 48.5 Å². The number of urea groups is 1. The molecule has 144 valence electrons. The highest BCUT2D eigenvalue weighted by Crippen LogP contribution is 2.20. The second-order valence-electron chi connectivity index (χ2n) is 6.51. The van der Waals surface area contributed by atoms with E-state index < -0.39 is 17.9 Å². The molecule has 0 heterocycles. The maximum Gasteiger partial charge on any atom is 0.319 e. The van der Waals surface area contributed by atoms with E-state index in [0.29, 0.717) is 12.1 Å². The number of amides is 3. The van der Waals surface area contributed by atoms with E-state index in [1.165, 1.54) is 18.2 Å². The van der Waals surface area contributed by atoms with Crippen LogP contribution < -0.4 is 16.0 Å². The van der Waals surface area contributed by atoms with Crippen LogP contribution in [0, 0.1) is 11.7 Å². The number of benzene rings is 2. The minimum atomic E-state index is -0.590. The molecular formula is C20H24FN3O3. The molecule has 1 atom stereocenters. The summed E-state index contributed by atoms with van der Waals surface area (Å²) in [6.45, 7) is 3.18. The quantitative estimate of drug-likeness (QED) is 0.601. The molecular weight excluding hydrogens is 349 g/mol. The fraction of sp³-hybridized carbons (Fsp3) is 0.300. The van der Waals surface area contributed by atoms with Crippen molar-refractivity contribution in [3.63, 3.8) is 0 Å². The van der Waals surface area contributed by atoms with E-state index >= 15 is 0 Å². The zero-order chi connectivity index (χ0) is 19.8. The molecule has 0 aliphatic rings. The van der Waals surface area contributed by atoms with Crippen LogP contribution in [0.1, 0.15) is 19.4 Å². The van der Waals surface area contributed by atoms with Gasteiger partial charge in [0.05, 0.1) is 18.3 Å². The number of nitrogens with one attached hydrogen (secondary N) is 3. The van der Waals surface area contributed by atoms with Crippen LogP contribution in [-0.2, 0) is 11.2 Å². The topological polar surface area (TPSA) is 90.5 Å². The third-order valence-corrected chi connectivity index (χ3v) is 3.89. The van der Waals surface area contributed by atoms with Gasteiger partial charge < -0.3 is 21.1 Å². The molecule has 0 unspecified atom stereocenters. The van der Waals surface area contributed by atoms with E-state index in [0.717, 1.165) is 5.56 Å². The van der Waals surface area contributed by atoms with Gasteiger partial charge in [0, 0.05) is 11.6 Å². The van der Waals surface area contributed by atoms with Crippen molar-refractivity contribution in [2.75, 3.05) is 17.2 Å². The Balaban J connectivity index is 1.99. The molecule has 2 aromatic carbocycles. The summed E-state index contributed by atoms with van der Waals surface area (Å²) in [6.07, 6.45) is 0.476. The Morgan fingerprint density at radius 1 is 1.07 bits per heavy atom. The van der Waals surface area contributed by atoms with Gasteiger partial charge in [-0.3, -0.25) is 4.79 Å². The van der Waals surface area contributed by atoms with Gasteiger partial charge in [0.2, 0.25) is 5.91 Å². The molecule has 2 aromatic rings. The number of hydrogen-bond donors (Lipinski definition) is 4. The predicted octanol–water partition coefficient (Wildman–Crippen LogP) is 3.15. The van der Waals surface area contributed by atoms with Gasteiger partial charge in [0.15, 0.2) is 0 Å². The smallest absolute Gasteiger partial charge is 0.319 e. The minimum Gasteiger partial charge on any atom is -0.394 e. The first-order valence-electron chi connectivity index (χ1n) is 8.71. The third kappa shape index (κ3) is 6.38. The molecule has 0 bridgehead atoms. The summed E-state index contributed by atoms with van der Waals surface area (Å²) in [5.41, 5.74) is 1.30. The summed E-state index contributed by atoms with van der Waals surface area (Å²) >= 11 is 0. The van der Waals surface area contributed by atoms with Crippen molar-refractivity contribution >= 4 is 23.3 Å². The maximum absolute atomic E-state index is 13.9. The van der Waals surface area contributed by atoms with E-state index in [1.54, 1.807) is 13.8 Å². The van der Waals surface area contributed by atoms with Gasteiger partial charge in [-0.05, 0) is 30.2 Å². The number of anilines is 2. The molecule has 0 saturated carbocycles. The molecule has 0 fully saturated rings. The van der Waals surface area contributed by atoms with Crippen LogP contribution >= 0.6 is 0 Å². The van der Waals surface area contributed by atoms with Gasteiger partial charge in [0.25, 0.3) is 0 Å². The second kappa shape index (κ2) is 9.68. The Morgan fingerprint density at radius 2 is 1.78 bits per heavy atom. The van der Waals surface area contributed by atoms with Crippen LogP contribution in [-0.4, -0.2) is 29.7 Å². The lowest BCUT2D eigenvalue weighted by Crippen LogP contribution is -2.41. The van der Waals surface area contributed by atoms with Crippen molar-refractivity contribution < 1.29 is 19.1 Å². The molecule has 4 N–H and O–H groups in total. The van der Waals surface area contributed by atoms with Crippen LogP contribution in [0.5, 0.6) is 0 Å². The van der Waals surface area contributed by atoms with Gasteiger partial charge in [-0.15, -0.1) is 0 Å². The number of rotatable bonds is 7. The average molecular weight is 373 g/mol. The fourth-order valence-corrected chi connectivity index (χ4v) is 2.39. The van der Waals surface area contributed by atoms with E-state index in [4.69, 9.17) is 0 Å². The van der Waals surface area contributed by atoms with Gasteiger partial charge in [0.1, 0.15) is 5.82 Å². The van der Waals surface area contributed by atoms with Gasteiger partial charge in [-0.2, -0.15) is 0 Å². The van der Waals surface area contributed by atoms with Crippen molar-refractivity contribution in [2.45, 2.75) is 26.3 Å². The first-order valence-corrected chi connectivity index (χ1v) is 8.71. The Morgan fingerprint density at radius 3 is 2.41 bits per heavy atom. The molecule has 0 spiro atoms. The Hall–Kier alpha value is -2.93. The van der Waals surface area contributed by atoms with Crippen molar-refractivity contribution in [1.82, 2.24) is 5.32 Å². The molecule has 3 amide bonds. The van der Waals surface area contributed by atoms with Crippen molar-refractivity contribution in [2.24, 2.45) is 5.92 Å². The standard InChI is InChI=1S/C20H24FN3O3/c1-13(2)19(26)24-18-11-15(8-9-17(18)21)22-20(27)23-16(12-25)10-14-6-4-3-5-7-14/h3-9,11,13,16,25H,10,12H2,1-2H3,(H,24,26)(H2,22,23,27)/t16-/m0/s1. The van der Waals surface area contributed by atoms with Crippen LogP contribution in [0.3, 0.4) is 0 Å². The third-order valence-electron chi connectivity index (χ3n) is 3.89. The second-order valence-corrected chi connectivity index (χ2v) is 6.51. The monoisotopic (exact) mass is 373 g/mol. The zero-order valence-electron chi connectivity index (χ0n) is 15.3. The molecule has 0 aliphatic carbocycles. The number of carbonyl (C=O) groups excluding carboxylic acids is 2. The summed E-state index contributed by atoms with van der Waals surface area (Å²) in [5, 5.41) is 17.2. The molecule has 27 heavy (non-hydrogen) atoms. The van der Waals surface area contributed by atoms with E-state index in [2.05, 4.69) is 16.0 Å². The molecule has 0 radical (unpaired) electrons. The molecule has 2 rings (SSSR count). The van der Waals surface area contributed by atoms with Crippen LogP contribution in [0.2, 0.25) is 0 Å². The summed E-state index contributed by atoms with van der Waals surface area (Å²) in [7, 11) is 0. The maximum atomic E-state index is 13.9. The molecule has 0 aliphatic heterocycles. The number of aliphatic hydroxyl groups excluding tert-OH is 1. The highest BCUT2D eigenvalue weighted by molar-refractivity contribution is 5.94. The highest BCUT2D eigenvalue weighted by atomic mass is 19.1.